The van der Waals surface area contributed by atoms with E-state index >= 15 is 0 Å². The Morgan fingerprint density at radius 3 is 2.75 bits per heavy atom. The zero-order valence-electron chi connectivity index (χ0n) is 15.0. The van der Waals surface area contributed by atoms with Crippen molar-refractivity contribution in [2.45, 2.75) is 84.0 Å². The highest BCUT2D eigenvalue weighted by molar-refractivity contribution is 5.76. The molecular formula is C17H30N6O. The largest absolute Gasteiger partial charge is 0.338 e. The number of carbonyl (C=O) groups excluding carboxylic acids is 1. The molecule has 1 aromatic heterocycles. The molecule has 0 aromatic carbocycles. The maximum atomic E-state index is 12.2. The van der Waals surface area contributed by atoms with Crippen molar-refractivity contribution in [2.24, 2.45) is 0 Å². The zero-order chi connectivity index (χ0) is 16.9. The van der Waals surface area contributed by atoms with Gasteiger partial charge in [0.1, 0.15) is 0 Å². The molecule has 0 N–H and O–H groups in total. The van der Waals surface area contributed by atoms with Gasteiger partial charge in [0.2, 0.25) is 5.91 Å². The number of nitrogens with zero attached hydrogens (tertiary/aromatic N) is 6. The number of rotatable bonds is 7. The van der Waals surface area contributed by atoms with E-state index in [0.29, 0.717) is 24.4 Å². The third-order valence-electron chi connectivity index (χ3n) is 5.45. The summed E-state index contributed by atoms with van der Waals surface area (Å²) in [5.74, 6) is 1.26. The monoisotopic (exact) mass is 334 g/mol. The fourth-order valence-corrected chi connectivity index (χ4v) is 4.19. The van der Waals surface area contributed by atoms with Gasteiger partial charge in [-0.15, -0.1) is 5.10 Å². The first-order chi connectivity index (χ1) is 11.7. The van der Waals surface area contributed by atoms with Gasteiger partial charge in [-0.2, -0.15) is 0 Å². The molecule has 0 saturated carbocycles. The van der Waals surface area contributed by atoms with Crippen LogP contribution < -0.4 is 0 Å². The lowest BCUT2D eigenvalue weighted by Gasteiger charge is -2.34. The highest BCUT2D eigenvalue weighted by atomic mass is 16.2. The Kier molecular flexibility index (Phi) is 5.81. The molecule has 2 aliphatic heterocycles. The van der Waals surface area contributed by atoms with E-state index in [4.69, 9.17) is 0 Å². The molecule has 0 bridgehead atoms. The maximum Gasteiger partial charge on any atom is 0.222 e. The average Bonchev–Trinajstić information content (AvgIpc) is 3.33. The van der Waals surface area contributed by atoms with Gasteiger partial charge in [0.15, 0.2) is 5.82 Å². The maximum absolute atomic E-state index is 12.2. The molecule has 24 heavy (non-hydrogen) atoms. The Labute approximate surface area is 144 Å². The number of likely N-dealkylation sites (tertiary alicyclic amines) is 2. The van der Waals surface area contributed by atoms with Crippen LogP contribution in [0.2, 0.25) is 0 Å². The van der Waals surface area contributed by atoms with E-state index in [9.17, 15) is 4.79 Å². The van der Waals surface area contributed by atoms with Crippen molar-refractivity contribution in [3.8, 4) is 0 Å². The van der Waals surface area contributed by atoms with Crippen LogP contribution in [0.5, 0.6) is 0 Å². The molecule has 134 valence electrons. The Balaban J connectivity index is 1.67. The lowest BCUT2D eigenvalue weighted by atomic mass is 10.0. The molecule has 0 unspecified atom stereocenters. The van der Waals surface area contributed by atoms with Crippen molar-refractivity contribution < 1.29 is 4.79 Å². The number of hydrogen-bond acceptors (Lipinski definition) is 5. The molecule has 7 nitrogen and oxygen atoms in total. The molecule has 3 heterocycles. The number of tetrazole rings is 1. The molecule has 1 amide bonds. The van der Waals surface area contributed by atoms with Crippen molar-refractivity contribution in [1.82, 2.24) is 30.0 Å². The minimum Gasteiger partial charge on any atom is -0.338 e. The highest BCUT2D eigenvalue weighted by Crippen LogP contribution is 2.31. The van der Waals surface area contributed by atoms with E-state index < -0.39 is 0 Å². The van der Waals surface area contributed by atoms with Crippen molar-refractivity contribution in [1.29, 1.82) is 0 Å². The first-order valence-electron chi connectivity index (χ1n) is 9.53. The summed E-state index contributed by atoms with van der Waals surface area (Å²) in [6.45, 7) is 7.84. The molecule has 2 atom stereocenters. The minimum absolute atomic E-state index is 0.303. The van der Waals surface area contributed by atoms with Gasteiger partial charge < -0.3 is 4.90 Å². The summed E-state index contributed by atoms with van der Waals surface area (Å²) in [6.07, 6.45) is 7.49. The number of carbonyl (C=O) groups is 1. The predicted molar refractivity (Wildman–Crippen MR) is 91.2 cm³/mol. The standard InChI is InChI=1S/C17H30N6O/c1-3-5-12-23-16(18-19-20-23)13-21-10-6-8-14(21)15-9-7-11-22(15)17(24)4-2/h14-15H,3-13H2,1-2H3/t14-,15+/m0/s1. The van der Waals surface area contributed by atoms with E-state index in [1.807, 2.05) is 11.6 Å². The molecule has 2 fully saturated rings. The minimum atomic E-state index is 0.303. The lowest BCUT2D eigenvalue weighted by Crippen LogP contribution is -2.48. The van der Waals surface area contributed by atoms with Crippen LogP contribution in [0, 0.1) is 0 Å². The van der Waals surface area contributed by atoms with Crippen LogP contribution in [0.1, 0.15) is 64.6 Å². The van der Waals surface area contributed by atoms with E-state index in [1.54, 1.807) is 0 Å². The Bertz CT molecular complexity index is 545. The molecule has 2 aliphatic rings. The fraction of sp³-hybridized carbons (Fsp3) is 0.882. The van der Waals surface area contributed by atoms with Gasteiger partial charge in [-0.1, -0.05) is 20.3 Å². The third-order valence-corrected chi connectivity index (χ3v) is 5.45. The Morgan fingerprint density at radius 1 is 1.17 bits per heavy atom. The summed E-state index contributed by atoms with van der Waals surface area (Å²) in [6, 6.07) is 0.833. The molecule has 1 aromatic rings. The first kappa shape index (κ1) is 17.3. The van der Waals surface area contributed by atoms with E-state index in [-0.39, 0.29) is 0 Å². The van der Waals surface area contributed by atoms with Crippen LogP contribution in [-0.2, 0) is 17.9 Å². The summed E-state index contributed by atoms with van der Waals surface area (Å²) in [5, 5.41) is 12.3. The van der Waals surface area contributed by atoms with Gasteiger partial charge in [-0.05, 0) is 49.1 Å². The SMILES string of the molecule is CCCCn1nnnc1CN1CCC[C@H]1[C@H]1CCCN1C(=O)CC. The van der Waals surface area contributed by atoms with Crippen LogP contribution in [0.4, 0.5) is 0 Å². The number of aryl methyl sites for hydroxylation is 1. The average molecular weight is 334 g/mol. The van der Waals surface area contributed by atoms with E-state index in [1.165, 1.54) is 12.8 Å². The van der Waals surface area contributed by atoms with Crippen molar-refractivity contribution in [3.05, 3.63) is 5.82 Å². The second kappa shape index (κ2) is 8.05. The smallest absolute Gasteiger partial charge is 0.222 e. The first-order valence-corrected chi connectivity index (χ1v) is 9.53. The number of amides is 1. The van der Waals surface area contributed by atoms with Gasteiger partial charge >= 0.3 is 0 Å². The summed E-state index contributed by atoms with van der Waals surface area (Å²) < 4.78 is 1.95. The summed E-state index contributed by atoms with van der Waals surface area (Å²) in [7, 11) is 0. The molecule has 0 aliphatic carbocycles. The molecule has 7 heteroatoms. The van der Waals surface area contributed by atoms with Crippen LogP contribution >= 0.6 is 0 Å². The fourth-order valence-electron chi connectivity index (χ4n) is 4.19. The van der Waals surface area contributed by atoms with Gasteiger partial charge in [0.05, 0.1) is 6.54 Å². The molecule has 2 saturated heterocycles. The van der Waals surface area contributed by atoms with Gasteiger partial charge in [-0.3, -0.25) is 9.69 Å². The Hall–Kier alpha value is -1.50. The Morgan fingerprint density at radius 2 is 1.96 bits per heavy atom. The van der Waals surface area contributed by atoms with Crippen LogP contribution in [0.3, 0.4) is 0 Å². The quantitative estimate of drug-likeness (QED) is 0.761. The zero-order valence-corrected chi connectivity index (χ0v) is 15.0. The van der Waals surface area contributed by atoms with E-state index in [0.717, 1.165) is 57.7 Å². The molecular weight excluding hydrogens is 304 g/mol. The molecule has 0 spiro atoms. The van der Waals surface area contributed by atoms with Crippen LogP contribution in [0.15, 0.2) is 0 Å². The molecule has 3 rings (SSSR count). The van der Waals surface area contributed by atoms with Gasteiger partial charge in [0, 0.05) is 31.6 Å². The van der Waals surface area contributed by atoms with Crippen molar-refractivity contribution >= 4 is 5.91 Å². The van der Waals surface area contributed by atoms with Gasteiger partial charge in [-0.25, -0.2) is 4.68 Å². The van der Waals surface area contributed by atoms with Crippen LogP contribution in [0.25, 0.3) is 0 Å². The topological polar surface area (TPSA) is 67.2 Å². The number of aromatic nitrogens is 4. The molecule has 0 radical (unpaired) electrons. The van der Waals surface area contributed by atoms with Gasteiger partial charge in [0.25, 0.3) is 0 Å². The number of hydrogen-bond donors (Lipinski definition) is 0. The van der Waals surface area contributed by atoms with Crippen molar-refractivity contribution in [3.63, 3.8) is 0 Å². The normalized spacial score (nSPS) is 24.8. The number of unbranched alkanes of at least 4 members (excludes halogenated alkanes) is 1. The summed E-state index contributed by atoms with van der Waals surface area (Å²) in [5.41, 5.74) is 0. The third kappa shape index (κ3) is 3.61. The predicted octanol–water partition coefficient (Wildman–Crippen LogP) is 1.84. The van der Waals surface area contributed by atoms with E-state index in [2.05, 4.69) is 32.2 Å². The lowest BCUT2D eigenvalue weighted by molar-refractivity contribution is -0.132. The highest BCUT2D eigenvalue weighted by Gasteiger charge is 2.39. The second-order valence-corrected chi connectivity index (χ2v) is 7.00. The summed E-state index contributed by atoms with van der Waals surface area (Å²) >= 11 is 0. The van der Waals surface area contributed by atoms with Crippen LogP contribution in [-0.4, -0.2) is 61.1 Å². The summed E-state index contributed by atoms with van der Waals surface area (Å²) in [4.78, 5) is 16.9. The van der Waals surface area contributed by atoms with Crippen molar-refractivity contribution in [2.75, 3.05) is 13.1 Å². The second-order valence-electron chi connectivity index (χ2n) is 7.00.